The highest BCUT2D eigenvalue weighted by molar-refractivity contribution is 7.99. The molecule has 1 heterocycles. The van der Waals surface area contributed by atoms with Gasteiger partial charge in [-0.3, -0.25) is 14.2 Å². The van der Waals surface area contributed by atoms with E-state index in [0.29, 0.717) is 46.6 Å². The fraction of sp³-hybridized carbons (Fsp3) is 0.571. The molecule has 1 aromatic heterocycles. The van der Waals surface area contributed by atoms with Crippen LogP contribution in [0.25, 0.3) is 10.9 Å². The third-order valence-corrected chi connectivity index (χ3v) is 6.22. The first-order chi connectivity index (χ1) is 13.9. The molecule has 3 rings (SSSR count). The molecular weight excluding hydrogens is 410 g/mol. The van der Waals surface area contributed by atoms with Gasteiger partial charge >= 0.3 is 0 Å². The summed E-state index contributed by atoms with van der Waals surface area (Å²) < 4.78 is 7.23. The van der Waals surface area contributed by atoms with Crippen LogP contribution in [0, 0.1) is 5.92 Å². The van der Waals surface area contributed by atoms with Crippen LogP contribution in [0.4, 0.5) is 0 Å². The highest BCUT2D eigenvalue weighted by Crippen LogP contribution is 2.25. The molecule has 1 fully saturated rings. The average Bonchev–Trinajstić information content (AvgIpc) is 2.63. The predicted octanol–water partition coefficient (Wildman–Crippen LogP) is 3.87. The van der Waals surface area contributed by atoms with E-state index < -0.39 is 0 Å². The Morgan fingerprint density at radius 1 is 1.41 bits per heavy atom. The van der Waals surface area contributed by atoms with Crippen LogP contribution in [0.15, 0.2) is 28.2 Å². The molecule has 1 aliphatic rings. The van der Waals surface area contributed by atoms with Crippen LogP contribution in [0.1, 0.15) is 39.5 Å². The maximum absolute atomic E-state index is 13.0. The molecule has 0 bridgehead atoms. The van der Waals surface area contributed by atoms with Gasteiger partial charge in [0, 0.05) is 24.7 Å². The molecule has 8 heteroatoms. The van der Waals surface area contributed by atoms with Crippen LogP contribution in [0.5, 0.6) is 0 Å². The van der Waals surface area contributed by atoms with Crippen molar-refractivity contribution in [1.82, 2.24) is 14.9 Å². The lowest BCUT2D eigenvalue weighted by Gasteiger charge is -2.25. The predicted molar refractivity (Wildman–Crippen MR) is 118 cm³/mol. The molecule has 1 amide bonds. The number of hydrogen-bond donors (Lipinski definition) is 1. The lowest BCUT2D eigenvalue weighted by Crippen LogP contribution is -2.33. The zero-order valence-electron chi connectivity index (χ0n) is 16.9. The quantitative estimate of drug-likeness (QED) is 0.347. The van der Waals surface area contributed by atoms with Gasteiger partial charge in [0.15, 0.2) is 5.16 Å². The summed E-state index contributed by atoms with van der Waals surface area (Å²) in [5.41, 5.74) is 0.433. The first-order valence-corrected chi connectivity index (χ1v) is 11.5. The second kappa shape index (κ2) is 10.5. The Morgan fingerprint density at radius 3 is 2.90 bits per heavy atom. The number of halogens is 1. The van der Waals surface area contributed by atoms with Crippen molar-refractivity contribution in [2.24, 2.45) is 5.92 Å². The molecule has 1 aliphatic carbocycles. The molecule has 2 aromatic rings. The van der Waals surface area contributed by atoms with E-state index in [2.05, 4.69) is 10.3 Å². The molecule has 158 valence electrons. The third-order valence-electron chi connectivity index (χ3n) is 5.00. The van der Waals surface area contributed by atoms with Gasteiger partial charge in [-0.1, -0.05) is 29.8 Å². The molecule has 0 saturated heterocycles. The Morgan fingerprint density at radius 2 is 2.21 bits per heavy atom. The van der Waals surface area contributed by atoms with Gasteiger partial charge in [0.1, 0.15) is 0 Å². The van der Waals surface area contributed by atoms with Gasteiger partial charge in [0.05, 0.1) is 22.8 Å². The van der Waals surface area contributed by atoms with Crippen LogP contribution >= 0.6 is 23.4 Å². The van der Waals surface area contributed by atoms with Crippen LogP contribution < -0.4 is 10.9 Å². The highest BCUT2D eigenvalue weighted by Gasteiger charge is 2.18. The van der Waals surface area contributed by atoms with Gasteiger partial charge < -0.3 is 10.1 Å². The van der Waals surface area contributed by atoms with E-state index >= 15 is 0 Å². The Labute approximate surface area is 180 Å². The van der Waals surface area contributed by atoms with Gasteiger partial charge in [-0.2, -0.15) is 0 Å². The number of aromatic nitrogens is 2. The Bertz CT molecular complexity index is 912. The molecule has 0 unspecified atom stereocenters. The lowest BCUT2D eigenvalue weighted by molar-refractivity contribution is -0.118. The van der Waals surface area contributed by atoms with Crippen molar-refractivity contribution in [3.8, 4) is 0 Å². The largest absolute Gasteiger partial charge is 0.379 e. The summed E-state index contributed by atoms with van der Waals surface area (Å²) in [7, 11) is 0. The maximum Gasteiger partial charge on any atom is 0.262 e. The van der Waals surface area contributed by atoms with Crippen molar-refractivity contribution >= 4 is 40.2 Å². The summed E-state index contributed by atoms with van der Waals surface area (Å²) in [6.45, 7) is 5.76. The normalized spacial score (nSPS) is 14.3. The number of thioether (sulfide) groups is 1. The second-order valence-corrected chi connectivity index (χ2v) is 9.05. The topological polar surface area (TPSA) is 73.2 Å². The van der Waals surface area contributed by atoms with Gasteiger partial charge in [-0.05, 0) is 57.2 Å². The maximum atomic E-state index is 13.0. The number of fused-ring (bicyclic) bond motifs is 1. The molecular formula is C21H28ClN3O3S. The molecule has 6 nitrogen and oxygen atoms in total. The molecule has 0 atom stereocenters. The lowest BCUT2D eigenvalue weighted by atomic mass is 9.85. The number of nitrogens with one attached hydrogen (secondary N) is 1. The van der Waals surface area contributed by atoms with E-state index in [1.807, 2.05) is 13.8 Å². The summed E-state index contributed by atoms with van der Waals surface area (Å²) in [5.74, 6) is 0.814. The molecule has 1 N–H and O–H groups in total. The van der Waals surface area contributed by atoms with Gasteiger partial charge in [0.25, 0.3) is 5.56 Å². The van der Waals surface area contributed by atoms with Gasteiger partial charge in [-0.25, -0.2) is 4.98 Å². The smallest absolute Gasteiger partial charge is 0.262 e. The van der Waals surface area contributed by atoms with Crippen molar-refractivity contribution in [1.29, 1.82) is 0 Å². The number of amides is 1. The van der Waals surface area contributed by atoms with E-state index in [4.69, 9.17) is 16.3 Å². The Kier molecular flexibility index (Phi) is 7.98. The zero-order valence-corrected chi connectivity index (χ0v) is 18.5. The fourth-order valence-electron chi connectivity index (χ4n) is 3.16. The minimum Gasteiger partial charge on any atom is -0.379 e. The monoisotopic (exact) mass is 437 g/mol. The van der Waals surface area contributed by atoms with Crippen molar-refractivity contribution in [2.75, 3.05) is 18.9 Å². The third kappa shape index (κ3) is 6.20. The number of hydrogen-bond acceptors (Lipinski definition) is 5. The van der Waals surface area contributed by atoms with Crippen LogP contribution in [0.3, 0.4) is 0 Å². The van der Waals surface area contributed by atoms with Crippen LogP contribution in [-0.2, 0) is 16.1 Å². The number of carbonyl (C=O) groups is 1. The van der Waals surface area contributed by atoms with Gasteiger partial charge in [0.2, 0.25) is 5.91 Å². The molecule has 0 spiro atoms. The average molecular weight is 438 g/mol. The van der Waals surface area contributed by atoms with E-state index in [9.17, 15) is 9.59 Å². The minimum atomic E-state index is -0.117. The number of rotatable bonds is 10. The van der Waals surface area contributed by atoms with Crippen molar-refractivity contribution in [3.05, 3.63) is 33.6 Å². The van der Waals surface area contributed by atoms with Crippen molar-refractivity contribution < 1.29 is 9.53 Å². The van der Waals surface area contributed by atoms with E-state index in [-0.39, 0.29) is 23.3 Å². The number of nitrogens with zero attached hydrogens (tertiary/aromatic N) is 2. The number of benzene rings is 1. The SMILES string of the molecule is CC(C)OCCCn1c(SCC(=O)NCC2CCC2)nc2cc(Cl)ccc2c1=O. The van der Waals surface area contributed by atoms with E-state index in [0.717, 1.165) is 6.54 Å². The minimum absolute atomic E-state index is 0.0305. The van der Waals surface area contributed by atoms with Crippen LogP contribution in [0.2, 0.25) is 5.02 Å². The van der Waals surface area contributed by atoms with Crippen molar-refractivity contribution in [2.45, 2.75) is 57.3 Å². The first kappa shape index (κ1) is 22.1. The second-order valence-electron chi connectivity index (χ2n) is 7.68. The Balaban J connectivity index is 1.73. The Hall–Kier alpha value is -1.57. The van der Waals surface area contributed by atoms with Crippen LogP contribution in [-0.4, -0.2) is 40.5 Å². The summed E-state index contributed by atoms with van der Waals surface area (Å²) in [6.07, 6.45) is 4.49. The van der Waals surface area contributed by atoms with Crippen molar-refractivity contribution in [3.63, 3.8) is 0 Å². The summed E-state index contributed by atoms with van der Waals surface area (Å²) >= 11 is 7.36. The summed E-state index contributed by atoms with van der Waals surface area (Å²) in [6, 6.07) is 5.08. The van der Waals surface area contributed by atoms with Gasteiger partial charge in [-0.15, -0.1) is 0 Å². The highest BCUT2D eigenvalue weighted by atomic mass is 35.5. The molecule has 29 heavy (non-hydrogen) atoms. The fourth-order valence-corrected chi connectivity index (χ4v) is 4.18. The molecule has 1 aromatic carbocycles. The zero-order chi connectivity index (χ0) is 20.8. The van der Waals surface area contributed by atoms with E-state index in [1.54, 1.807) is 22.8 Å². The first-order valence-electron chi connectivity index (χ1n) is 10.1. The molecule has 1 saturated carbocycles. The van der Waals surface area contributed by atoms with E-state index in [1.165, 1.54) is 31.0 Å². The standard InChI is InChI=1S/C21H28ClN3O3S/c1-14(2)28-10-4-9-25-20(27)17-8-7-16(22)11-18(17)24-21(25)29-13-19(26)23-12-15-5-3-6-15/h7-8,11,14-15H,3-6,9-10,12-13H2,1-2H3,(H,23,26). The number of ether oxygens (including phenoxy) is 1. The molecule has 0 radical (unpaired) electrons. The summed E-state index contributed by atoms with van der Waals surface area (Å²) in [5, 5.41) is 4.57. The summed E-state index contributed by atoms with van der Waals surface area (Å²) in [4.78, 5) is 29.9. The molecule has 0 aliphatic heterocycles. The number of carbonyl (C=O) groups excluding carboxylic acids is 1.